The lowest BCUT2D eigenvalue weighted by molar-refractivity contribution is -0.149. The lowest BCUT2D eigenvalue weighted by atomic mass is 10.1. The van der Waals surface area contributed by atoms with Gasteiger partial charge in [-0.3, -0.25) is 0 Å². The second kappa shape index (κ2) is 4.08. The summed E-state index contributed by atoms with van der Waals surface area (Å²) in [5.74, 6) is -0.703. The van der Waals surface area contributed by atoms with Gasteiger partial charge in [0.25, 0.3) is 0 Å². The van der Waals surface area contributed by atoms with Crippen LogP contribution in [0.25, 0.3) is 0 Å². The number of phenols is 1. The molecule has 0 radical (unpaired) electrons. The van der Waals surface area contributed by atoms with Crippen molar-refractivity contribution in [2.24, 2.45) is 5.73 Å². The van der Waals surface area contributed by atoms with Gasteiger partial charge in [0, 0.05) is 10.6 Å². The Kier molecular flexibility index (Phi) is 3.38. The Morgan fingerprint density at radius 3 is 2.27 bits per heavy atom. The van der Waals surface area contributed by atoms with Crippen molar-refractivity contribution < 1.29 is 18.3 Å². The molecule has 0 aliphatic carbocycles. The molecule has 1 rings (SSSR count). The highest BCUT2D eigenvalue weighted by Gasteiger charge is 2.39. The maximum absolute atomic E-state index is 12.3. The van der Waals surface area contributed by atoms with E-state index in [1.807, 2.05) is 0 Å². The molecule has 0 aromatic heterocycles. The molecule has 1 aromatic carbocycles. The molecule has 1 aromatic rings. The third-order valence-electron chi connectivity index (χ3n) is 1.75. The molecule has 0 saturated heterocycles. The predicted octanol–water partition coefficient (Wildman–Crippen LogP) is 3.26. The van der Waals surface area contributed by atoms with Crippen LogP contribution in [0, 0.1) is 0 Å². The summed E-state index contributed by atoms with van der Waals surface area (Å²) in [5, 5.41) is 9.00. The van der Waals surface area contributed by atoms with Crippen molar-refractivity contribution in [1.82, 2.24) is 0 Å². The molecule has 7 heteroatoms. The van der Waals surface area contributed by atoms with E-state index in [0.29, 0.717) is 0 Å². The van der Waals surface area contributed by atoms with E-state index in [-0.39, 0.29) is 10.0 Å². The molecular weight excluding hydrogens is 254 g/mol. The van der Waals surface area contributed by atoms with E-state index < -0.39 is 23.5 Å². The molecule has 0 aliphatic rings. The van der Waals surface area contributed by atoms with Crippen LogP contribution in [0.3, 0.4) is 0 Å². The third kappa shape index (κ3) is 2.68. The SMILES string of the molecule is N[C@H](c1cc(Cl)cc(Cl)c1O)C(F)(F)F. The fourth-order valence-electron chi connectivity index (χ4n) is 0.999. The molecule has 2 nitrogen and oxygen atoms in total. The van der Waals surface area contributed by atoms with Crippen LogP contribution < -0.4 is 5.73 Å². The van der Waals surface area contributed by atoms with Crippen LogP contribution in [0.4, 0.5) is 13.2 Å². The topological polar surface area (TPSA) is 46.2 Å². The summed E-state index contributed by atoms with van der Waals surface area (Å²) in [4.78, 5) is 0. The second-order valence-electron chi connectivity index (χ2n) is 2.84. The summed E-state index contributed by atoms with van der Waals surface area (Å²) in [7, 11) is 0. The zero-order chi connectivity index (χ0) is 11.8. The summed E-state index contributed by atoms with van der Waals surface area (Å²) in [6.45, 7) is 0. The van der Waals surface area contributed by atoms with Gasteiger partial charge >= 0.3 is 6.18 Å². The number of nitrogens with two attached hydrogens (primary N) is 1. The largest absolute Gasteiger partial charge is 0.506 e. The number of phenolic OH excluding ortho intramolecular Hbond substituents is 1. The predicted molar refractivity (Wildman–Crippen MR) is 51.1 cm³/mol. The summed E-state index contributed by atoms with van der Waals surface area (Å²) in [5.41, 5.74) is 4.37. The van der Waals surface area contributed by atoms with Crippen LogP contribution in [-0.2, 0) is 0 Å². The van der Waals surface area contributed by atoms with Crippen molar-refractivity contribution in [3.63, 3.8) is 0 Å². The average molecular weight is 260 g/mol. The zero-order valence-corrected chi connectivity index (χ0v) is 8.66. The highest BCUT2D eigenvalue weighted by atomic mass is 35.5. The van der Waals surface area contributed by atoms with E-state index in [4.69, 9.17) is 28.9 Å². The Morgan fingerprint density at radius 2 is 1.80 bits per heavy atom. The number of aromatic hydroxyl groups is 1. The van der Waals surface area contributed by atoms with Gasteiger partial charge in [0.05, 0.1) is 5.02 Å². The van der Waals surface area contributed by atoms with Gasteiger partial charge in [0.2, 0.25) is 0 Å². The minimum atomic E-state index is -4.66. The van der Waals surface area contributed by atoms with Gasteiger partial charge in [-0.2, -0.15) is 13.2 Å². The number of alkyl halides is 3. The Labute approximate surface area is 93.4 Å². The fourth-order valence-corrected chi connectivity index (χ4v) is 1.51. The monoisotopic (exact) mass is 259 g/mol. The second-order valence-corrected chi connectivity index (χ2v) is 3.69. The van der Waals surface area contributed by atoms with Crippen molar-refractivity contribution in [2.75, 3.05) is 0 Å². The Balaban J connectivity index is 3.25. The lowest BCUT2D eigenvalue weighted by Gasteiger charge is -2.17. The molecule has 1 atom stereocenters. The molecule has 0 spiro atoms. The first-order valence-electron chi connectivity index (χ1n) is 3.73. The molecule has 84 valence electrons. The first kappa shape index (κ1) is 12.4. The molecule has 0 unspecified atom stereocenters. The summed E-state index contributed by atoms with van der Waals surface area (Å²) >= 11 is 11.0. The lowest BCUT2D eigenvalue weighted by Crippen LogP contribution is -2.28. The van der Waals surface area contributed by atoms with Gasteiger partial charge in [0.15, 0.2) is 0 Å². The van der Waals surface area contributed by atoms with E-state index in [1.54, 1.807) is 0 Å². The van der Waals surface area contributed by atoms with E-state index in [0.717, 1.165) is 12.1 Å². The van der Waals surface area contributed by atoms with Gasteiger partial charge in [-0.05, 0) is 12.1 Å². The zero-order valence-electron chi connectivity index (χ0n) is 7.15. The molecule has 0 aliphatic heterocycles. The number of hydrogen-bond donors (Lipinski definition) is 2. The average Bonchev–Trinajstić information content (AvgIpc) is 2.08. The number of halogens is 5. The van der Waals surface area contributed by atoms with Crippen LogP contribution in [0.15, 0.2) is 12.1 Å². The van der Waals surface area contributed by atoms with Crippen LogP contribution in [0.1, 0.15) is 11.6 Å². The fraction of sp³-hybridized carbons (Fsp3) is 0.250. The van der Waals surface area contributed by atoms with Gasteiger partial charge < -0.3 is 10.8 Å². The standard InChI is InChI=1S/C8H6Cl2F3NO/c9-3-1-4(6(15)5(10)2-3)7(14)8(11,12)13/h1-2,7,15H,14H2/t7-/m1/s1. The van der Waals surface area contributed by atoms with Crippen LogP contribution in [0.5, 0.6) is 5.75 Å². The Bertz CT molecular complexity index is 381. The van der Waals surface area contributed by atoms with Crippen LogP contribution in [0.2, 0.25) is 10.0 Å². The summed E-state index contributed by atoms with van der Waals surface area (Å²) < 4.78 is 36.8. The maximum atomic E-state index is 12.3. The van der Waals surface area contributed by atoms with Gasteiger partial charge in [0.1, 0.15) is 11.8 Å². The molecule has 0 saturated carbocycles. The van der Waals surface area contributed by atoms with E-state index in [2.05, 4.69) is 0 Å². The smallest absolute Gasteiger partial charge is 0.407 e. The number of rotatable bonds is 1. The Hall–Kier alpha value is -0.650. The molecule has 0 amide bonds. The summed E-state index contributed by atoms with van der Waals surface area (Å²) in [6, 6.07) is -0.250. The molecule has 0 heterocycles. The molecular formula is C8H6Cl2F3NO. The molecule has 0 bridgehead atoms. The van der Waals surface area contributed by atoms with Gasteiger partial charge in [-0.25, -0.2) is 0 Å². The van der Waals surface area contributed by atoms with Gasteiger partial charge in [-0.15, -0.1) is 0 Å². The highest BCUT2D eigenvalue weighted by Crippen LogP contribution is 2.39. The molecule has 3 N–H and O–H groups in total. The van der Waals surface area contributed by atoms with E-state index in [9.17, 15) is 18.3 Å². The van der Waals surface area contributed by atoms with E-state index in [1.165, 1.54) is 0 Å². The van der Waals surface area contributed by atoms with Crippen molar-refractivity contribution in [1.29, 1.82) is 0 Å². The van der Waals surface area contributed by atoms with Gasteiger partial charge in [-0.1, -0.05) is 23.2 Å². The first-order valence-corrected chi connectivity index (χ1v) is 4.49. The normalized spacial score (nSPS) is 14.0. The third-order valence-corrected chi connectivity index (χ3v) is 2.25. The minimum Gasteiger partial charge on any atom is -0.506 e. The van der Waals surface area contributed by atoms with Crippen LogP contribution in [-0.4, -0.2) is 11.3 Å². The summed E-state index contributed by atoms with van der Waals surface area (Å²) in [6.07, 6.45) is -4.66. The Morgan fingerprint density at radius 1 is 1.27 bits per heavy atom. The van der Waals surface area contributed by atoms with E-state index >= 15 is 0 Å². The van der Waals surface area contributed by atoms with Crippen molar-refractivity contribution in [2.45, 2.75) is 12.2 Å². The quantitative estimate of drug-likeness (QED) is 0.813. The van der Waals surface area contributed by atoms with Crippen LogP contribution >= 0.6 is 23.2 Å². The van der Waals surface area contributed by atoms with Crippen molar-refractivity contribution >= 4 is 23.2 Å². The highest BCUT2D eigenvalue weighted by molar-refractivity contribution is 6.35. The minimum absolute atomic E-state index is 0.0208. The molecule has 0 fully saturated rings. The van der Waals surface area contributed by atoms with Crippen molar-refractivity contribution in [3.05, 3.63) is 27.7 Å². The first-order chi connectivity index (χ1) is 6.73. The molecule has 15 heavy (non-hydrogen) atoms. The number of benzene rings is 1. The maximum Gasteiger partial charge on any atom is 0.407 e. The number of hydrogen-bond acceptors (Lipinski definition) is 2. The van der Waals surface area contributed by atoms with Crippen molar-refractivity contribution in [3.8, 4) is 5.75 Å².